The molecule has 10 heteroatoms. The average Bonchev–Trinajstić information content (AvgIpc) is 3.23. The Hall–Kier alpha value is -3.84. The highest BCUT2D eigenvalue weighted by Crippen LogP contribution is 2.25. The predicted octanol–water partition coefficient (Wildman–Crippen LogP) is 1.11. The van der Waals surface area contributed by atoms with Crippen molar-refractivity contribution in [3.63, 3.8) is 0 Å². The zero-order chi connectivity index (χ0) is 23.8. The zero-order valence-electron chi connectivity index (χ0n) is 19.3. The van der Waals surface area contributed by atoms with Gasteiger partial charge >= 0.3 is 5.69 Å². The van der Waals surface area contributed by atoms with E-state index in [1.165, 1.54) is 4.57 Å². The minimum absolute atomic E-state index is 0.0316. The summed E-state index contributed by atoms with van der Waals surface area (Å²) in [5, 5.41) is 0. The maximum absolute atomic E-state index is 13.7. The average molecular weight is 462 g/mol. The largest absolute Gasteiger partial charge is 0.474 e. The van der Waals surface area contributed by atoms with Gasteiger partial charge in [0.05, 0.1) is 12.2 Å². The normalized spacial score (nSPS) is 17.6. The molecule has 176 valence electrons. The topological polar surface area (TPSA) is 113 Å². The van der Waals surface area contributed by atoms with Gasteiger partial charge in [0.15, 0.2) is 11.2 Å². The molecule has 1 aromatic carbocycles. The lowest BCUT2D eigenvalue weighted by Crippen LogP contribution is -2.44. The maximum atomic E-state index is 13.7. The second-order valence-electron chi connectivity index (χ2n) is 8.60. The fraction of sp³-hybridized carbons (Fsp3) is 0.417. The summed E-state index contributed by atoms with van der Waals surface area (Å²) in [5.41, 5.74) is 7.68. The molecule has 3 aromatic rings. The smallest absolute Gasteiger partial charge is 0.332 e. The second kappa shape index (κ2) is 8.83. The van der Waals surface area contributed by atoms with Crippen LogP contribution in [0.5, 0.6) is 0 Å². The van der Waals surface area contributed by atoms with E-state index in [0.29, 0.717) is 36.2 Å². The lowest BCUT2D eigenvalue weighted by Gasteiger charge is -2.31. The molecule has 10 nitrogen and oxygen atoms in total. The van der Waals surface area contributed by atoms with Crippen molar-refractivity contribution in [3.8, 4) is 11.8 Å². The van der Waals surface area contributed by atoms with E-state index >= 15 is 0 Å². The van der Waals surface area contributed by atoms with E-state index in [-0.39, 0.29) is 19.1 Å². The predicted molar refractivity (Wildman–Crippen MR) is 130 cm³/mol. The first-order chi connectivity index (χ1) is 16.5. The standard InChI is InChI=1S/C24H27N7O3/c1-3-4-12-30-20-21(27-23(30)29-11-7-9-17(25)13-29)28(2)24(33)31(22(20)32)14-19-26-18-10-6-5-8-16(18)15-34-19/h5-6,8,10,17H,7,9,11-15,25H2,1-2H3. The second-order valence-corrected chi connectivity index (χ2v) is 8.60. The van der Waals surface area contributed by atoms with Crippen molar-refractivity contribution >= 4 is 28.7 Å². The van der Waals surface area contributed by atoms with Crippen LogP contribution < -0.4 is 21.9 Å². The number of nitrogens with two attached hydrogens (primary N) is 1. The first-order valence-electron chi connectivity index (χ1n) is 11.4. The van der Waals surface area contributed by atoms with Gasteiger partial charge < -0.3 is 15.4 Å². The van der Waals surface area contributed by atoms with Crippen LogP contribution in [0.4, 0.5) is 11.6 Å². The van der Waals surface area contributed by atoms with Crippen LogP contribution in [0.15, 0.2) is 38.8 Å². The molecule has 2 aromatic heterocycles. The van der Waals surface area contributed by atoms with Gasteiger partial charge in [0, 0.05) is 31.7 Å². The van der Waals surface area contributed by atoms with Crippen LogP contribution in [-0.4, -0.2) is 43.7 Å². The minimum atomic E-state index is -0.476. The Labute approximate surface area is 196 Å². The monoisotopic (exact) mass is 461 g/mol. The number of ether oxygens (including phenoxy) is 1. The van der Waals surface area contributed by atoms with Crippen molar-refractivity contribution < 1.29 is 4.74 Å². The fourth-order valence-corrected chi connectivity index (χ4v) is 4.53. The van der Waals surface area contributed by atoms with E-state index < -0.39 is 11.2 Å². The Bertz CT molecular complexity index is 1470. The molecule has 4 heterocycles. The van der Waals surface area contributed by atoms with Crippen LogP contribution in [0.2, 0.25) is 0 Å². The number of piperidine rings is 1. The zero-order valence-corrected chi connectivity index (χ0v) is 19.3. The molecule has 2 aliphatic heterocycles. The Morgan fingerprint density at radius 1 is 1.24 bits per heavy atom. The van der Waals surface area contributed by atoms with Crippen molar-refractivity contribution in [3.05, 3.63) is 50.7 Å². The molecule has 1 saturated heterocycles. The first kappa shape index (κ1) is 22.0. The molecule has 2 N–H and O–H groups in total. The van der Waals surface area contributed by atoms with Gasteiger partial charge in [-0.05, 0) is 25.8 Å². The molecule has 0 radical (unpaired) electrons. The quantitative estimate of drug-likeness (QED) is 0.583. The molecular weight excluding hydrogens is 434 g/mol. The number of anilines is 1. The number of fused-ring (bicyclic) bond motifs is 2. The molecule has 1 unspecified atom stereocenters. The van der Waals surface area contributed by atoms with Crippen LogP contribution in [0, 0.1) is 11.8 Å². The van der Waals surface area contributed by atoms with Crippen molar-refractivity contribution in [1.82, 2.24) is 18.7 Å². The van der Waals surface area contributed by atoms with Crippen LogP contribution in [0.25, 0.3) is 11.2 Å². The molecule has 0 spiro atoms. The Morgan fingerprint density at radius 2 is 2.06 bits per heavy atom. The van der Waals surface area contributed by atoms with E-state index in [1.54, 1.807) is 18.5 Å². The molecular formula is C24H27N7O3. The molecule has 0 bridgehead atoms. The highest BCUT2D eigenvalue weighted by atomic mass is 16.5. The van der Waals surface area contributed by atoms with Crippen molar-refractivity contribution in [2.75, 3.05) is 18.0 Å². The van der Waals surface area contributed by atoms with Gasteiger partial charge in [-0.25, -0.2) is 14.4 Å². The summed E-state index contributed by atoms with van der Waals surface area (Å²) in [6, 6.07) is 7.67. The molecule has 1 fully saturated rings. The van der Waals surface area contributed by atoms with Gasteiger partial charge in [0.25, 0.3) is 5.56 Å². The van der Waals surface area contributed by atoms with Crippen LogP contribution in [0.1, 0.15) is 25.3 Å². The molecule has 34 heavy (non-hydrogen) atoms. The van der Waals surface area contributed by atoms with Crippen LogP contribution >= 0.6 is 0 Å². The summed E-state index contributed by atoms with van der Waals surface area (Å²) in [6.07, 6.45) is 1.88. The van der Waals surface area contributed by atoms with E-state index in [2.05, 4.69) is 21.7 Å². The molecule has 2 aliphatic rings. The molecule has 0 amide bonds. The number of para-hydroxylation sites is 1. The lowest BCUT2D eigenvalue weighted by atomic mass is 10.1. The van der Waals surface area contributed by atoms with E-state index in [1.807, 2.05) is 24.3 Å². The van der Waals surface area contributed by atoms with Gasteiger partial charge in [-0.1, -0.05) is 24.1 Å². The molecule has 5 rings (SSSR count). The van der Waals surface area contributed by atoms with Gasteiger partial charge in [-0.2, -0.15) is 4.98 Å². The maximum Gasteiger partial charge on any atom is 0.332 e. The third-order valence-corrected chi connectivity index (χ3v) is 6.29. The number of aryl methyl sites for hydroxylation is 1. The molecule has 0 saturated carbocycles. The lowest BCUT2D eigenvalue weighted by molar-refractivity contribution is 0.274. The van der Waals surface area contributed by atoms with Crippen LogP contribution in [0.3, 0.4) is 0 Å². The fourth-order valence-electron chi connectivity index (χ4n) is 4.53. The number of aromatic nitrogens is 4. The van der Waals surface area contributed by atoms with Crippen molar-refractivity contribution in [1.29, 1.82) is 0 Å². The van der Waals surface area contributed by atoms with Crippen molar-refractivity contribution in [2.24, 2.45) is 17.8 Å². The van der Waals surface area contributed by atoms with Crippen LogP contribution in [-0.2, 0) is 31.5 Å². The summed E-state index contributed by atoms with van der Waals surface area (Å²) in [4.78, 5) is 38.1. The van der Waals surface area contributed by atoms with Gasteiger partial charge in [0.2, 0.25) is 11.8 Å². The Kier molecular flexibility index (Phi) is 5.71. The highest BCUT2D eigenvalue weighted by Gasteiger charge is 2.26. The van der Waals surface area contributed by atoms with Gasteiger partial charge in [0.1, 0.15) is 13.2 Å². The summed E-state index contributed by atoms with van der Waals surface area (Å²) in [7, 11) is 1.62. The molecule has 0 aliphatic carbocycles. The van der Waals surface area contributed by atoms with E-state index in [0.717, 1.165) is 35.2 Å². The van der Waals surface area contributed by atoms with E-state index in [4.69, 9.17) is 15.5 Å². The number of hydrogen-bond donors (Lipinski definition) is 1. The number of nitrogens with zero attached hydrogens (tertiary/aromatic N) is 6. The van der Waals surface area contributed by atoms with Gasteiger partial charge in [-0.15, -0.1) is 5.92 Å². The summed E-state index contributed by atoms with van der Waals surface area (Å²) in [6.45, 7) is 3.73. The van der Waals surface area contributed by atoms with Crippen molar-refractivity contribution in [2.45, 2.75) is 45.5 Å². The summed E-state index contributed by atoms with van der Waals surface area (Å²) >= 11 is 0. The Morgan fingerprint density at radius 3 is 2.85 bits per heavy atom. The Balaban J connectivity index is 1.64. The summed E-state index contributed by atoms with van der Waals surface area (Å²) < 4.78 is 10.1. The summed E-state index contributed by atoms with van der Waals surface area (Å²) in [5.74, 6) is 6.85. The van der Waals surface area contributed by atoms with Gasteiger partial charge in [-0.3, -0.25) is 13.9 Å². The third kappa shape index (κ3) is 3.78. The SMILES string of the molecule is CC#CCn1c(N2CCCC(N)C2)nc2c1c(=O)n(CC1=Nc3ccccc3CO1)c(=O)n2C. The van der Waals surface area contributed by atoms with E-state index in [9.17, 15) is 9.59 Å². The number of rotatable bonds is 4. The molecule has 1 atom stereocenters. The third-order valence-electron chi connectivity index (χ3n) is 6.29. The number of benzene rings is 1. The minimum Gasteiger partial charge on any atom is -0.474 e. The number of imidazole rings is 1. The first-order valence-corrected chi connectivity index (χ1v) is 11.4. The number of hydrogen-bond acceptors (Lipinski definition) is 7. The highest BCUT2D eigenvalue weighted by molar-refractivity contribution is 5.82. The number of aliphatic imine (C=N–C) groups is 1.